The van der Waals surface area contributed by atoms with E-state index in [0.717, 1.165) is 35.4 Å². The summed E-state index contributed by atoms with van der Waals surface area (Å²) >= 11 is 0. The molecule has 4 heteroatoms. The maximum atomic E-state index is 14.0. The molecule has 4 atom stereocenters. The second-order valence-corrected chi connectivity index (χ2v) is 9.67. The van der Waals surface area contributed by atoms with Crippen molar-refractivity contribution >= 4 is 0 Å². The van der Waals surface area contributed by atoms with Gasteiger partial charge >= 0.3 is 6.18 Å². The van der Waals surface area contributed by atoms with E-state index in [-0.39, 0.29) is 0 Å². The monoisotopic (exact) mass is 444 g/mol. The zero-order chi connectivity index (χ0) is 22.7. The Bertz CT molecular complexity index is 925. The average Bonchev–Trinajstić information content (AvgIpc) is 2.78. The molecular weight excluding hydrogens is 412 g/mol. The lowest BCUT2D eigenvalue weighted by Gasteiger charge is -2.42. The molecule has 0 heterocycles. The Labute approximate surface area is 188 Å². The van der Waals surface area contributed by atoms with Crippen molar-refractivity contribution in [3.05, 3.63) is 71.6 Å². The highest BCUT2D eigenvalue weighted by Gasteiger charge is 2.36. The highest BCUT2D eigenvalue weighted by molar-refractivity contribution is 5.64. The molecule has 2 aliphatic carbocycles. The number of fused-ring (bicyclic) bond motifs is 1. The molecule has 4 unspecified atom stereocenters. The van der Waals surface area contributed by atoms with E-state index in [1.807, 2.05) is 12.1 Å². The summed E-state index contributed by atoms with van der Waals surface area (Å²) in [6.07, 6.45) is 10.1. The van der Waals surface area contributed by atoms with Crippen molar-refractivity contribution in [2.45, 2.75) is 70.4 Å². The third-order valence-electron chi connectivity index (χ3n) is 7.69. The van der Waals surface area contributed by atoms with Crippen LogP contribution < -0.4 is 0 Å². The Hall–Kier alpha value is -2.10. The van der Waals surface area contributed by atoms with Crippen LogP contribution in [0.15, 0.2) is 54.6 Å². The molecule has 2 fully saturated rings. The first-order valence-corrected chi connectivity index (χ1v) is 11.9. The highest BCUT2D eigenvalue weighted by atomic mass is 19.4. The van der Waals surface area contributed by atoms with Crippen LogP contribution in [-0.2, 0) is 6.18 Å². The van der Waals surface area contributed by atoms with Crippen LogP contribution in [0.1, 0.15) is 75.3 Å². The Morgan fingerprint density at radius 2 is 1.56 bits per heavy atom. The van der Waals surface area contributed by atoms with Gasteiger partial charge in [0.1, 0.15) is 5.82 Å². The Kier molecular flexibility index (Phi) is 7.07. The largest absolute Gasteiger partial charge is 0.419 e. The van der Waals surface area contributed by atoms with Crippen molar-refractivity contribution in [2.24, 2.45) is 17.8 Å². The normalized spacial score (nSPS) is 26.3. The number of alkyl halides is 3. The van der Waals surface area contributed by atoms with Crippen molar-refractivity contribution in [3.8, 4) is 11.1 Å². The summed E-state index contributed by atoms with van der Waals surface area (Å²) in [5, 5.41) is 0. The molecule has 0 aliphatic heterocycles. The molecule has 172 valence electrons. The molecular formula is C28H32F4. The molecule has 4 rings (SSSR count). The molecule has 0 spiro atoms. The summed E-state index contributed by atoms with van der Waals surface area (Å²) in [6, 6.07) is 11.2. The molecule has 2 aromatic carbocycles. The van der Waals surface area contributed by atoms with Gasteiger partial charge in [-0.05, 0) is 104 Å². The van der Waals surface area contributed by atoms with Gasteiger partial charge in [0.2, 0.25) is 0 Å². The van der Waals surface area contributed by atoms with Gasteiger partial charge in [0.15, 0.2) is 0 Å². The van der Waals surface area contributed by atoms with Gasteiger partial charge in [-0.25, -0.2) is 4.39 Å². The van der Waals surface area contributed by atoms with Crippen LogP contribution in [-0.4, -0.2) is 0 Å². The van der Waals surface area contributed by atoms with Gasteiger partial charge < -0.3 is 0 Å². The van der Waals surface area contributed by atoms with Crippen molar-refractivity contribution in [3.63, 3.8) is 0 Å². The Morgan fingerprint density at radius 3 is 2.25 bits per heavy atom. The van der Waals surface area contributed by atoms with Crippen LogP contribution in [0.3, 0.4) is 0 Å². The molecule has 0 nitrogen and oxygen atoms in total. The summed E-state index contributed by atoms with van der Waals surface area (Å²) in [6.45, 7) is 2.09. The molecule has 2 aromatic rings. The van der Waals surface area contributed by atoms with Gasteiger partial charge in [0.25, 0.3) is 0 Å². The van der Waals surface area contributed by atoms with Gasteiger partial charge in [0.05, 0.1) is 5.56 Å². The lowest BCUT2D eigenvalue weighted by atomic mass is 9.63. The van der Waals surface area contributed by atoms with Crippen molar-refractivity contribution in [1.29, 1.82) is 0 Å². The molecule has 0 saturated heterocycles. The summed E-state index contributed by atoms with van der Waals surface area (Å²) in [5.74, 6) is 1.89. The second-order valence-electron chi connectivity index (χ2n) is 9.67. The fraction of sp³-hybridized carbons (Fsp3) is 0.500. The minimum Gasteiger partial charge on any atom is -0.206 e. The SMILES string of the molecule is C/C=C/CCC1CCC2CC(c3ccc(-c4ccc(C(F)(F)F)c(F)c4)cc3)CCC2C1. The van der Waals surface area contributed by atoms with Crippen LogP contribution in [0.25, 0.3) is 11.1 Å². The molecule has 32 heavy (non-hydrogen) atoms. The quantitative estimate of drug-likeness (QED) is 0.318. The Morgan fingerprint density at radius 1 is 0.875 bits per heavy atom. The van der Waals surface area contributed by atoms with E-state index in [1.165, 1.54) is 63.0 Å². The molecule has 0 bridgehead atoms. The summed E-state index contributed by atoms with van der Waals surface area (Å²) in [4.78, 5) is 0. The number of rotatable bonds is 5. The number of hydrogen-bond acceptors (Lipinski definition) is 0. The zero-order valence-electron chi connectivity index (χ0n) is 18.7. The summed E-state index contributed by atoms with van der Waals surface area (Å²) < 4.78 is 52.4. The minimum absolute atomic E-state index is 0.474. The molecule has 2 saturated carbocycles. The predicted molar refractivity (Wildman–Crippen MR) is 122 cm³/mol. The van der Waals surface area contributed by atoms with E-state index in [9.17, 15) is 17.6 Å². The van der Waals surface area contributed by atoms with Gasteiger partial charge in [-0.2, -0.15) is 13.2 Å². The zero-order valence-corrected chi connectivity index (χ0v) is 18.7. The van der Waals surface area contributed by atoms with E-state index in [2.05, 4.69) is 31.2 Å². The average molecular weight is 445 g/mol. The van der Waals surface area contributed by atoms with Crippen molar-refractivity contribution in [2.75, 3.05) is 0 Å². The standard InChI is InChI=1S/C28H32F4/c1-2-3-4-5-19-6-7-24-17-23(13-12-22(24)16-19)20-8-10-21(11-9-20)25-14-15-26(27(29)18-25)28(30,31)32/h2-3,8-11,14-15,18-19,22-24H,4-7,12-13,16-17H2,1H3/b3-2+. The van der Waals surface area contributed by atoms with E-state index < -0.39 is 17.6 Å². The lowest BCUT2D eigenvalue weighted by molar-refractivity contribution is -0.139. The van der Waals surface area contributed by atoms with Gasteiger partial charge in [-0.15, -0.1) is 0 Å². The highest BCUT2D eigenvalue weighted by Crippen LogP contribution is 2.48. The van der Waals surface area contributed by atoms with Gasteiger partial charge in [-0.3, -0.25) is 0 Å². The fourth-order valence-electron chi connectivity index (χ4n) is 5.92. The maximum Gasteiger partial charge on any atom is 0.419 e. The number of halogens is 4. The maximum absolute atomic E-state index is 14.0. The van der Waals surface area contributed by atoms with Crippen molar-refractivity contribution in [1.82, 2.24) is 0 Å². The Balaban J connectivity index is 1.38. The number of benzene rings is 2. The van der Waals surface area contributed by atoms with E-state index in [1.54, 1.807) is 0 Å². The number of hydrogen-bond donors (Lipinski definition) is 0. The number of allylic oxidation sites excluding steroid dienone is 2. The first-order valence-electron chi connectivity index (χ1n) is 11.9. The first-order chi connectivity index (χ1) is 15.3. The van der Waals surface area contributed by atoms with E-state index in [4.69, 9.17) is 0 Å². The van der Waals surface area contributed by atoms with Crippen LogP contribution in [0.4, 0.5) is 17.6 Å². The second kappa shape index (κ2) is 9.80. The van der Waals surface area contributed by atoms with Gasteiger partial charge in [-0.1, -0.05) is 48.9 Å². The van der Waals surface area contributed by atoms with Crippen LogP contribution >= 0.6 is 0 Å². The molecule has 0 aromatic heterocycles. The molecule has 0 N–H and O–H groups in total. The van der Waals surface area contributed by atoms with Crippen molar-refractivity contribution < 1.29 is 17.6 Å². The van der Waals surface area contributed by atoms with E-state index >= 15 is 0 Å². The molecule has 2 aliphatic rings. The fourth-order valence-corrected chi connectivity index (χ4v) is 5.92. The first kappa shape index (κ1) is 23.1. The van der Waals surface area contributed by atoms with E-state index in [0.29, 0.717) is 11.5 Å². The topological polar surface area (TPSA) is 0 Å². The van der Waals surface area contributed by atoms with Crippen LogP contribution in [0, 0.1) is 23.6 Å². The lowest BCUT2D eigenvalue weighted by Crippen LogP contribution is -2.30. The van der Waals surface area contributed by atoms with Crippen LogP contribution in [0.2, 0.25) is 0 Å². The predicted octanol–water partition coefficient (Wildman–Crippen LogP) is 9.17. The molecule has 0 amide bonds. The summed E-state index contributed by atoms with van der Waals surface area (Å²) in [7, 11) is 0. The minimum atomic E-state index is -4.67. The smallest absolute Gasteiger partial charge is 0.206 e. The summed E-state index contributed by atoms with van der Waals surface area (Å²) in [5.41, 5.74) is 1.31. The van der Waals surface area contributed by atoms with Crippen LogP contribution in [0.5, 0.6) is 0 Å². The third-order valence-corrected chi connectivity index (χ3v) is 7.69. The van der Waals surface area contributed by atoms with Gasteiger partial charge in [0, 0.05) is 0 Å². The third kappa shape index (κ3) is 5.27. The molecule has 0 radical (unpaired) electrons.